The Labute approximate surface area is 123 Å². The molecular formula is C15H11BrN2O2. The van der Waals surface area contributed by atoms with Gasteiger partial charge in [0.05, 0.1) is 0 Å². The van der Waals surface area contributed by atoms with E-state index in [0.29, 0.717) is 23.6 Å². The number of benzene rings is 2. The van der Waals surface area contributed by atoms with Gasteiger partial charge >= 0.3 is 0 Å². The van der Waals surface area contributed by atoms with Crippen LogP contribution in [0.1, 0.15) is 11.5 Å². The van der Waals surface area contributed by atoms with Crippen LogP contribution in [0.15, 0.2) is 62.6 Å². The molecule has 3 aromatic rings. The van der Waals surface area contributed by atoms with E-state index in [0.717, 1.165) is 15.6 Å². The molecule has 2 aromatic carbocycles. The molecule has 0 bridgehead atoms. The third kappa shape index (κ3) is 2.58. The van der Waals surface area contributed by atoms with Crippen LogP contribution in [0.2, 0.25) is 0 Å². The Kier molecular flexibility index (Phi) is 3.52. The third-order valence-electron chi connectivity index (χ3n) is 2.93. The second-order valence-electron chi connectivity index (χ2n) is 4.34. The summed E-state index contributed by atoms with van der Waals surface area (Å²) >= 11 is 3.38. The van der Waals surface area contributed by atoms with Gasteiger partial charge in [-0.15, -0.1) is 0 Å². The Morgan fingerprint density at radius 1 is 1.20 bits per heavy atom. The van der Waals surface area contributed by atoms with Crippen molar-refractivity contribution in [3.05, 3.63) is 64.5 Å². The van der Waals surface area contributed by atoms with Gasteiger partial charge in [-0.2, -0.15) is 0 Å². The van der Waals surface area contributed by atoms with E-state index >= 15 is 0 Å². The van der Waals surface area contributed by atoms with E-state index in [1.54, 1.807) is 0 Å². The third-order valence-corrected chi connectivity index (χ3v) is 3.43. The second kappa shape index (κ2) is 5.46. The lowest BCUT2D eigenvalue weighted by atomic mass is 10.1. The van der Waals surface area contributed by atoms with Crippen molar-refractivity contribution in [3.8, 4) is 0 Å². The number of hydrogen-bond donors (Lipinski definition) is 1. The van der Waals surface area contributed by atoms with Crippen LogP contribution in [0.4, 0.5) is 0 Å². The predicted molar refractivity (Wildman–Crippen MR) is 80.2 cm³/mol. The molecule has 0 unspecified atom stereocenters. The monoisotopic (exact) mass is 330 g/mol. The molecule has 4 nitrogen and oxygen atoms in total. The number of fused-ring (bicyclic) bond motifs is 1. The first kappa shape index (κ1) is 12.9. The first-order chi connectivity index (χ1) is 9.76. The van der Waals surface area contributed by atoms with E-state index in [1.165, 1.54) is 0 Å². The van der Waals surface area contributed by atoms with Gasteiger partial charge in [-0.05, 0) is 23.8 Å². The quantitative estimate of drug-likeness (QED) is 0.448. The summed E-state index contributed by atoms with van der Waals surface area (Å²) in [5.41, 5.74) is 2.83. The fraction of sp³-hybridized carbons (Fsp3) is 0.0667. The average molecular weight is 331 g/mol. The maximum Gasteiger partial charge on any atom is 0.245 e. The minimum absolute atomic E-state index is 0.337. The Morgan fingerprint density at radius 3 is 2.75 bits per heavy atom. The number of nitrogens with zero attached hydrogens (tertiary/aromatic N) is 2. The number of halogens is 1. The van der Waals surface area contributed by atoms with Gasteiger partial charge in [0.15, 0.2) is 5.58 Å². The van der Waals surface area contributed by atoms with Gasteiger partial charge in [-0.25, -0.2) is 4.98 Å². The maximum absolute atomic E-state index is 9.20. The van der Waals surface area contributed by atoms with Gasteiger partial charge in [-0.1, -0.05) is 51.4 Å². The number of oxime groups is 1. The fourth-order valence-electron chi connectivity index (χ4n) is 1.96. The highest BCUT2D eigenvalue weighted by Gasteiger charge is 2.14. The first-order valence-electron chi connectivity index (χ1n) is 6.07. The van der Waals surface area contributed by atoms with Gasteiger partial charge in [0.1, 0.15) is 11.2 Å². The molecule has 0 saturated carbocycles. The van der Waals surface area contributed by atoms with E-state index < -0.39 is 0 Å². The highest BCUT2D eigenvalue weighted by Crippen LogP contribution is 2.21. The van der Waals surface area contributed by atoms with Crippen molar-refractivity contribution < 1.29 is 9.62 Å². The topological polar surface area (TPSA) is 58.6 Å². The Balaban J connectivity index is 1.95. The van der Waals surface area contributed by atoms with Crippen LogP contribution in [0.25, 0.3) is 11.1 Å². The molecule has 1 heterocycles. The molecule has 0 atom stereocenters. The summed E-state index contributed by atoms with van der Waals surface area (Å²) in [6, 6.07) is 15.3. The van der Waals surface area contributed by atoms with Crippen LogP contribution >= 0.6 is 15.9 Å². The van der Waals surface area contributed by atoms with E-state index in [-0.39, 0.29) is 0 Å². The van der Waals surface area contributed by atoms with E-state index in [2.05, 4.69) is 26.1 Å². The zero-order valence-corrected chi connectivity index (χ0v) is 12.0. The molecule has 0 spiro atoms. The Bertz CT molecular complexity index is 766. The van der Waals surface area contributed by atoms with E-state index in [4.69, 9.17) is 4.42 Å². The molecule has 1 N–H and O–H groups in total. The molecular weight excluding hydrogens is 320 g/mol. The van der Waals surface area contributed by atoms with Crippen LogP contribution < -0.4 is 0 Å². The molecule has 0 saturated heterocycles. The van der Waals surface area contributed by atoms with Gasteiger partial charge in [0.25, 0.3) is 0 Å². The Morgan fingerprint density at radius 2 is 2.00 bits per heavy atom. The average Bonchev–Trinajstić information content (AvgIpc) is 2.88. The smallest absolute Gasteiger partial charge is 0.245 e. The van der Waals surface area contributed by atoms with Crippen molar-refractivity contribution >= 4 is 32.7 Å². The molecule has 5 heteroatoms. The standard InChI is InChI=1S/C15H11BrN2O2/c16-11-6-7-12-14(9-11)20-15(17-12)13(18-19)8-10-4-2-1-3-5-10/h1-7,9,19H,8H2/b18-13+. The van der Waals surface area contributed by atoms with Gasteiger partial charge in [-0.3, -0.25) is 0 Å². The SMILES string of the molecule is O/N=C(\Cc1ccccc1)c1nc2ccc(Br)cc2o1. The van der Waals surface area contributed by atoms with Crippen molar-refractivity contribution in [3.63, 3.8) is 0 Å². The maximum atomic E-state index is 9.20. The molecule has 0 aliphatic carbocycles. The highest BCUT2D eigenvalue weighted by molar-refractivity contribution is 9.10. The summed E-state index contributed by atoms with van der Waals surface area (Å²) in [6.45, 7) is 0. The molecule has 20 heavy (non-hydrogen) atoms. The largest absolute Gasteiger partial charge is 0.435 e. The normalized spacial score (nSPS) is 11.9. The van der Waals surface area contributed by atoms with Gasteiger partial charge < -0.3 is 9.62 Å². The molecule has 100 valence electrons. The van der Waals surface area contributed by atoms with Crippen LogP contribution in [0, 0.1) is 0 Å². The zero-order chi connectivity index (χ0) is 13.9. The highest BCUT2D eigenvalue weighted by atomic mass is 79.9. The first-order valence-corrected chi connectivity index (χ1v) is 6.87. The molecule has 0 aliphatic rings. The minimum atomic E-state index is 0.337. The minimum Gasteiger partial charge on any atom is -0.435 e. The van der Waals surface area contributed by atoms with Crippen molar-refractivity contribution in [1.29, 1.82) is 0 Å². The molecule has 1 aromatic heterocycles. The van der Waals surface area contributed by atoms with E-state index in [1.807, 2.05) is 48.5 Å². The molecule has 0 amide bonds. The zero-order valence-electron chi connectivity index (χ0n) is 10.5. The molecule has 0 radical (unpaired) electrons. The number of hydrogen-bond acceptors (Lipinski definition) is 4. The lowest BCUT2D eigenvalue weighted by molar-refractivity contribution is 0.317. The van der Waals surface area contributed by atoms with Crippen LogP contribution in [0.5, 0.6) is 0 Å². The number of aromatic nitrogens is 1. The van der Waals surface area contributed by atoms with E-state index in [9.17, 15) is 5.21 Å². The summed E-state index contributed by atoms with van der Waals surface area (Å²) < 4.78 is 6.56. The van der Waals surface area contributed by atoms with Crippen molar-refractivity contribution in [2.75, 3.05) is 0 Å². The summed E-state index contributed by atoms with van der Waals surface area (Å²) in [5.74, 6) is 0.337. The lowest BCUT2D eigenvalue weighted by Crippen LogP contribution is -2.05. The number of oxazole rings is 1. The summed E-state index contributed by atoms with van der Waals surface area (Å²) in [5, 5.41) is 12.5. The fourth-order valence-corrected chi connectivity index (χ4v) is 2.30. The lowest BCUT2D eigenvalue weighted by Gasteiger charge is -2.00. The van der Waals surface area contributed by atoms with Crippen LogP contribution in [0.3, 0.4) is 0 Å². The molecule has 0 fully saturated rings. The van der Waals surface area contributed by atoms with Gasteiger partial charge in [0.2, 0.25) is 5.89 Å². The second-order valence-corrected chi connectivity index (χ2v) is 5.26. The molecule has 3 rings (SSSR count). The van der Waals surface area contributed by atoms with Crippen LogP contribution in [-0.4, -0.2) is 15.9 Å². The van der Waals surface area contributed by atoms with Crippen molar-refractivity contribution in [2.24, 2.45) is 5.16 Å². The van der Waals surface area contributed by atoms with Crippen LogP contribution in [-0.2, 0) is 6.42 Å². The molecule has 0 aliphatic heterocycles. The summed E-state index contributed by atoms with van der Waals surface area (Å²) in [7, 11) is 0. The predicted octanol–water partition coefficient (Wildman–Crippen LogP) is 4.01. The van der Waals surface area contributed by atoms with Crippen molar-refractivity contribution in [1.82, 2.24) is 4.98 Å². The summed E-state index contributed by atoms with van der Waals surface area (Å²) in [4.78, 5) is 4.34. The summed E-state index contributed by atoms with van der Waals surface area (Å²) in [6.07, 6.45) is 0.464. The number of rotatable bonds is 3. The Hall–Kier alpha value is -2.14. The van der Waals surface area contributed by atoms with Gasteiger partial charge in [0, 0.05) is 10.9 Å². The van der Waals surface area contributed by atoms with Crippen molar-refractivity contribution in [2.45, 2.75) is 6.42 Å².